The van der Waals surface area contributed by atoms with Crippen LogP contribution in [0.25, 0.3) is 0 Å². The van der Waals surface area contributed by atoms with Crippen molar-refractivity contribution in [1.29, 1.82) is 0 Å². The molecule has 0 saturated heterocycles. The van der Waals surface area contributed by atoms with Crippen molar-refractivity contribution in [3.8, 4) is 0 Å². The summed E-state index contributed by atoms with van der Waals surface area (Å²) in [5.74, 6) is -1.64. The van der Waals surface area contributed by atoms with E-state index in [4.69, 9.17) is 4.74 Å². The summed E-state index contributed by atoms with van der Waals surface area (Å²) in [6.45, 7) is 1.82. The topological polar surface area (TPSA) is 55.4 Å². The summed E-state index contributed by atoms with van der Waals surface area (Å²) in [6, 6.07) is 16.4. The predicted molar refractivity (Wildman–Crippen MR) is 124 cm³/mol. The van der Waals surface area contributed by atoms with Gasteiger partial charge in [0.15, 0.2) is 5.78 Å². The Kier molecular flexibility index (Phi) is 5.88. The van der Waals surface area contributed by atoms with E-state index in [1.165, 1.54) is 6.07 Å². The Morgan fingerprint density at radius 1 is 1.00 bits per heavy atom. The van der Waals surface area contributed by atoms with Gasteiger partial charge in [0, 0.05) is 29.0 Å². The van der Waals surface area contributed by atoms with Crippen LogP contribution in [0.1, 0.15) is 68.4 Å². The van der Waals surface area contributed by atoms with Crippen LogP contribution < -0.4 is 5.32 Å². The van der Waals surface area contributed by atoms with Gasteiger partial charge in [0.1, 0.15) is 11.9 Å². The Hall–Kier alpha value is -3.21. The van der Waals surface area contributed by atoms with Gasteiger partial charge in [0.05, 0.1) is 11.5 Å². The quantitative estimate of drug-likeness (QED) is 0.616. The first-order chi connectivity index (χ1) is 16.0. The van der Waals surface area contributed by atoms with E-state index in [1.807, 2.05) is 37.3 Å². The van der Waals surface area contributed by atoms with Crippen LogP contribution in [-0.2, 0) is 14.3 Å². The van der Waals surface area contributed by atoms with Crippen molar-refractivity contribution in [1.82, 2.24) is 5.32 Å². The lowest BCUT2D eigenvalue weighted by molar-refractivity contribution is -0.144. The molecule has 0 aromatic heterocycles. The largest absolute Gasteiger partial charge is 0.459 e. The fraction of sp³-hybridized carbons (Fsp3) is 0.357. The summed E-state index contributed by atoms with van der Waals surface area (Å²) in [4.78, 5) is 26.9. The first-order valence-electron chi connectivity index (χ1n) is 11.8. The maximum Gasteiger partial charge on any atom is 0.337 e. The number of rotatable bonds is 4. The van der Waals surface area contributed by atoms with Crippen molar-refractivity contribution >= 4 is 11.8 Å². The number of halogens is 1. The third kappa shape index (κ3) is 4.12. The van der Waals surface area contributed by atoms with Crippen LogP contribution >= 0.6 is 0 Å². The molecule has 1 N–H and O–H groups in total. The SMILES string of the molecule is CC1=C(C(=O)OC2CCCC2)[C@@H](c2ccccc2F)C2=C(C[C@@H](c3ccccc3)CC2=O)N1. The first kappa shape index (κ1) is 21.6. The number of carbonyl (C=O) groups excluding carboxylic acids is 2. The number of ketones is 1. The molecule has 1 saturated carbocycles. The normalized spacial score (nSPS) is 23.4. The van der Waals surface area contributed by atoms with E-state index in [0.717, 1.165) is 36.9 Å². The average molecular weight is 446 g/mol. The molecule has 1 heterocycles. The van der Waals surface area contributed by atoms with Gasteiger partial charge in [-0.05, 0) is 56.6 Å². The number of hydrogen-bond donors (Lipinski definition) is 1. The van der Waals surface area contributed by atoms with Gasteiger partial charge in [-0.1, -0.05) is 48.5 Å². The molecule has 2 aromatic rings. The number of ether oxygens (including phenoxy) is 1. The fourth-order valence-electron chi connectivity index (χ4n) is 5.51. The maximum absolute atomic E-state index is 15.0. The molecule has 0 spiro atoms. The van der Waals surface area contributed by atoms with Gasteiger partial charge in [-0.15, -0.1) is 0 Å². The van der Waals surface area contributed by atoms with E-state index in [2.05, 4.69) is 5.32 Å². The lowest BCUT2D eigenvalue weighted by Crippen LogP contribution is -2.37. The maximum atomic E-state index is 15.0. The smallest absolute Gasteiger partial charge is 0.337 e. The third-order valence-corrected chi connectivity index (χ3v) is 7.11. The lowest BCUT2D eigenvalue weighted by atomic mass is 9.71. The highest BCUT2D eigenvalue weighted by molar-refractivity contribution is 6.04. The molecule has 2 aliphatic carbocycles. The van der Waals surface area contributed by atoms with Crippen molar-refractivity contribution in [3.05, 3.63) is 94.1 Å². The van der Waals surface area contributed by atoms with Gasteiger partial charge in [0.2, 0.25) is 0 Å². The molecule has 5 heteroatoms. The number of benzene rings is 2. The molecule has 0 amide bonds. The van der Waals surface area contributed by atoms with Gasteiger partial charge in [-0.3, -0.25) is 4.79 Å². The monoisotopic (exact) mass is 445 g/mol. The summed E-state index contributed by atoms with van der Waals surface area (Å²) in [7, 11) is 0. The van der Waals surface area contributed by atoms with E-state index >= 15 is 4.39 Å². The van der Waals surface area contributed by atoms with Crippen molar-refractivity contribution in [2.45, 2.75) is 63.4 Å². The minimum absolute atomic E-state index is 0.0472. The van der Waals surface area contributed by atoms with Crippen LogP contribution in [0.15, 0.2) is 77.1 Å². The summed E-state index contributed by atoms with van der Waals surface area (Å²) < 4.78 is 20.9. The minimum Gasteiger partial charge on any atom is -0.459 e. The van der Waals surface area contributed by atoms with Crippen LogP contribution in [0.4, 0.5) is 4.39 Å². The second-order valence-electron chi connectivity index (χ2n) is 9.26. The molecule has 170 valence electrons. The Morgan fingerprint density at radius 3 is 2.42 bits per heavy atom. The summed E-state index contributed by atoms with van der Waals surface area (Å²) in [5.41, 5.74) is 3.70. The number of dihydropyridines is 1. The Bertz CT molecular complexity index is 1140. The van der Waals surface area contributed by atoms with E-state index in [1.54, 1.807) is 18.2 Å². The number of carbonyl (C=O) groups is 2. The zero-order valence-corrected chi connectivity index (χ0v) is 18.8. The summed E-state index contributed by atoms with van der Waals surface area (Å²) in [6.07, 6.45) is 4.64. The number of hydrogen-bond acceptors (Lipinski definition) is 4. The molecule has 1 aliphatic heterocycles. The van der Waals surface area contributed by atoms with Crippen LogP contribution in [0, 0.1) is 5.82 Å². The standard InChI is InChI=1S/C28H28FNO3/c1-17-25(28(32)33-20-11-5-6-12-20)26(21-13-7-8-14-22(21)29)27-23(30-17)15-19(16-24(27)31)18-9-3-2-4-10-18/h2-4,7-10,13-14,19-20,26,30H,5-6,11-12,15-16H2,1H3/t19-,26-/m1/s1. The number of allylic oxidation sites excluding steroid dienone is 3. The lowest BCUT2D eigenvalue weighted by Gasteiger charge is -2.37. The van der Waals surface area contributed by atoms with Gasteiger partial charge < -0.3 is 10.1 Å². The van der Waals surface area contributed by atoms with Crippen molar-refractivity contribution in [2.24, 2.45) is 0 Å². The zero-order chi connectivity index (χ0) is 22.9. The van der Waals surface area contributed by atoms with Crippen LogP contribution in [-0.4, -0.2) is 17.9 Å². The Labute approximate surface area is 193 Å². The molecule has 0 bridgehead atoms. The molecule has 4 nitrogen and oxygen atoms in total. The molecule has 0 radical (unpaired) electrons. The number of Topliss-reactive ketones (excluding diaryl/α,β-unsaturated/α-hetero) is 1. The molecular weight excluding hydrogens is 417 g/mol. The Balaban J connectivity index is 1.56. The molecule has 0 unspecified atom stereocenters. The molecule has 2 atom stereocenters. The summed E-state index contributed by atoms with van der Waals surface area (Å²) in [5, 5.41) is 3.34. The van der Waals surface area contributed by atoms with Crippen LogP contribution in [0.3, 0.4) is 0 Å². The van der Waals surface area contributed by atoms with Crippen molar-refractivity contribution < 1.29 is 18.7 Å². The average Bonchev–Trinajstić information content (AvgIpc) is 3.32. The highest BCUT2D eigenvalue weighted by Crippen LogP contribution is 2.46. The molecule has 33 heavy (non-hydrogen) atoms. The van der Waals surface area contributed by atoms with Gasteiger partial charge in [0.25, 0.3) is 0 Å². The van der Waals surface area contributed by atoms with E-state index in [0.29, 0.717) is 35.2 Å². The number of nitrogens with one attached hydrogen (secondary N) is 1. The van der Waals surface area contributed by atoms with Crippen molar-refractivity contribution in [2.75, 3.05) is 0 Å². The molecule has 5 rings (SSSR count). The van der Waals surface area contributed by atoms with Gasteiger partial charge in [-0.2, -0.15) is 0 Å². The van der Waals surface area contributed by atoms with Crippen LogP contribution in [0.2, 0.25) is 0 Å². The Morgan fingerprint density at radius 2 is 1.70 bits per heavy atom. The predicted octanol–water partition coefficient (Wildman–Crippen LogP) is 5.67. The van der Waals surface area contributed by atoms with Gasteiger partial charge >= 0.3 is 5.97 Å². The zero-order valence-electron chi connectivity index (χ0n) is 18.8. The molecule has 2 aromatic carbocycles. The fourth-order valence-corrected chi connectivity index (χ4v) is 5.51. The number of esters is 1. The van der Waals surface area contributed by atoms with E-state index < -0.39 is 17.7 Å². The second kappa shape index (κ2) is 8.97. The molecule has 1 fully saturated rings. The minimum atomic E-state index is -0.763. The van der Waals surface area contributed by atoms with E-state index in [-0.39, 0.29) is 17.8 Å². The second-order valence-corrected chi connectivity index (χ2v) is 9.26. The first-order valence-corrected chi connectivity index (χ1v) is 11.8. The third-order valence-electron chi connectivity index (χ3n) is 7.11. The molecular formula is C28H28FNO3. The highest BCUT2D eigenvalue weighted by Gasteiger charge is 2.42. The van der Waals surface area contributed by atoms with Gasteiger partial charge in [-0.25, -0.2) is 9.18 Å². The van der Waals surface area contributed by atoms with Crippen molar-refractivity contribution in [3.63, 3.8) is 0 Å². The van der Waals surface area contributed by atoms with Crippen LogP contribution in [0.5, 0.6) is 0 Å². The molecule has 3 aliphatic rings. The highest BCUT2D eigenvalue weighted by atomic mass is 19.1. The van der Waals surface area contributed by atoms with E-state index in [9.17, 15) is 9.59 Å². The summed E-state index contributed by atoms with van der Waals surface area (Å²) >= 11 is 0.